The van der Waals surface area contributed by atoms with Crippen molar-refractivity contribution in [1.82, 2.24) is 0 Å². The van der Waals surface area contributed by atoms with Gasteiger partial charge in [-0.15, -0.1) is 11.8 Å². The largest absolute Gasteiger partial charge is 0.464 e. The Balaban J connectivity index is 2.78. The van der Waals surface area contributed by atoms with E-state index in [1.807, 2.05) is 6.07 Å². The van der Waals surface area contributed by atoms with Gasteiger partial charge >= 0.3 is 0 Å². The van der Waals surface area contributed by atoms with Gasteiger partial charge in [0.25, 0.3) is 0 Å². The third kappa shape index (κ3) is 1.03. The first kappa shape index (κ1) is 7.74. The summed E-state index contributed by atoms with van der Waals surface area (Å²) in [5.41, 5.74) is 2.26. The first-order valence-corrected chi connectivity index (χ1v) is 5.06. The third-order valence-electron chi connectivity index (χ3n) is 2.04. The Morgan fingerprint density at radius 2 is 2.08 bits per heavy atom. The van der Waals surface area contributed by atoms with Crippen LogP contribution in [0.5, 0.6) is 0 Å². The smallest absolute Gasteiger partial charge is 0.137 e. The van der Waals surface area contributed by atoms with Crippen molar-refractivity contribution in [3.8, 4) is 0 Å². The predicted molar refractivity (Wildman–Crippen MR) is 52.7 cm³/mol. The number of furan rings is 1. The Morgan fingerprint density at radius 3 is 2.83 bits per heavy atom. The lowest BCUT2D eigenvalue weighted by Gasteiger charge is -2.01. The fourth-order valence-electron chi connectivity index (χ4n) is 1.38. The van der Waals surface area contributed by atoms with Crippen LogP contribution < -0.4 is 0 Å². The number of aryl methyl sites for hydroxylation is 1. The Labute approximate surface area is 75.8 Å². The van der Waals surface area contributed by atoms with Crippen LogP contribution in [-0.2, 0) is 0 Å². The van der Waals surface area contributed by atoms with Crippen molar-refractivity contribution in [3.63, 3.8) is 0 Å². The molecule has 0 N–H and O–H groups in total. The fourth-order valence-corrected chi connectivity index (χ4v) is 1.98. The standard InChI is InChI=1S/C10H10OS/c1-7-9(12-2)4-3-8-5-6-11-10(7)8/h3-6H,1-2H3. The summed E-state index contributed by atoms with van der Waals surface area (Å²) in [7, 11) is 0. The van der Waals surface area contributed by atoms with Crippen LogP contribution in [0.25, 0.3) is 11.0 Å². The number of hydrogen-bond donors (Lipinski definition) is 0. The highest BCUT2D eigenvalue weighted by molar-refractivity contribution is 7.98. The topological polar surface area (TPSA) is 13.1 Å². The van der Waals surface area contributed by atoms with E-state index in [0.717, 1.165) is 5.58 Å². The van der Waals surface area contributed by atoms with Gasteiger partial charge in [-0.1, -0.05) is 0 Å². The summed E-state index contributed by atoms with van der Waals surface area (Å²) in [6.07, 6.45) is 3.82. The molecule has 0 aliphatic carbocycles. The van der Waals surface area contributed by atoms with E-state index in [4.69, 9.17) is 4.42 Å². The Hall–Kier alpha value is -0.890. The molecule has 2 heteroatoms. The average molecular weight is 178 g/mol. The van der Waals surface area contributed by atoms with Gasteiger partial charge in [-0.05, 0) is 31.4 Å². The molecule has 0 unspecified atom stereocenters. The minimum absolute atomic E-state index is 1.02. The van der Waals surface area contributed by atoms with E-state index < -0.39 is 0 Å². The molecule has 1 aromatic heterocycles. The molecular weight excluding hydrogens is 168 g/mol. The third-order valence-corrected chi connectivity index (χ3v) is 2.92. The van der Waals surface area contributed by atoms with Crippen LogP contribution in [0.2, 0.25) is 0 Å². The average Bonchev–Trinajstić information content (AvgIpc) is 2.53. The van der Waals surface area contributed by atoms with Crippen molar-refractivity contribution >= 4 is 22.7 Å². The van der Waals surface area contributed by atoms with Crippen LogP contribution in [0.15, 0.2) is 33.8 Å². The predicted octanol–water partition coefficient (Wildman–Crippen LogP) is 3.46. The molecule has 12 heavy (non-hydrogen) atoms. The van der Waals surface area contributed by atoms with E-state index >= 15 is 0 Å². The van der Waals surface area contributed by atoms with Gasteiger partial charge in [0.2, 0.25) is 0 Å². The van der Waals surface area contributed by atoms with Crippen LogP contribution in [0.1, 0.15) is 5.56 Å². The SMILES string of the molecule is CSc1ccc2ccoc2c1C. The number of rotatable bonds is 1. The van der Waals surface area contributed by atoms with E-state index in [9.17, 15) is 0 Å². The van der Waals surface area contributed by atoms with Gasteiger partial charge in [-0.25, -0.2) is 0 Å². The van der Waals surface area contributed by atoms with Gasteiger partial charge < -0.3 is 4.42 Å². The Bertz CT molecular complexity index is 403. The van der Waals surface area contributed by atoms with E-state index in [-0.39, 0.29) is 0 Å². The number of hydrogen-bond acceptors (Lipinski definition) is 2. The van der Waals surface area contributed by atoms with Gasteiger partial charge in [0.1, 0.15) is 5.58 Å². The molecule has 0 amide bonds. The molecule has 1 aromatic carbocycles. The van der Waals surface area contributed by atoms with Gasteiger partial charge in [0, 0.05) is 15.8 Å². The summed E-state index contributed by atoms with van der Waals surface area (Å²) in [6, 6.07) is 6.22. The normalized spacial score (nSPS) is 10.8. The molecule has 0 bridgehead atoms. The lowest BCUT2D eigenvalue weighted by atomic mass is 10.2. The molecule has 1 nitrogen and oxygen atoms in total. The lowest BCUT2D eigenvalue weighted by Crippen LogP contribution is -1.78. The number of fused-ring (bicyclic) bond motifs is 1. The van der Waals surface area contributed by atoms with Crippen molar-refractivity contribution in [1.29, 1.82) is 0 Å². The van der Waals surface area contributed by atoms with E-state index in [1.165, 1.54) is 15.8 Å². The summed E-state index contributed by atoms with van der Waals surface area (Å²) < 4.78 is 5.38. The second-order valence-corrected chi connectivity index (χ2v) is 3.58. The molecule has 2 aromatic rings. The van der Waals surface area contributed by atoms with Gasteiger partial charge in [0.05, 0.1) is 6.26 Å². The molecule has 0 saturated carbocycles. The second-order valence-electron chi connectivity index (χ2n) is 2.73. The fraction of sp³-hybridized carbons (Fsp3) is 0.200. The molecule has 0 saturated heterocycles. The summed E-state index contributed by atoms with van der Waals surface area (Å²) in [4.78, 5) is 1.29. The zero-order valence-corrected chi connectivity index (χ0v) is 7.94. The summed E-state index contributed by atoms with van der Waals surface area (Å²) >= 11 is 1.75. The molecule has 0 spiro atoms. The minimum atomic E-state index is 1.02. The van der Waals surface area contributed by atoms with Crippen LogP contribution in [-0.4, -0.2) is 6.26 Å². The molecule has 62 valence electrons. The number of benzene rings is 1. The van der Waals surface area contributed by atoms with Gasteiger partial charge in [-0.2, -0.15) is 0 Å². The molecule has 0 radical (unpaired) electrons. The second kappa shape index (κ2) is 2.87. The van der Waals surface area contributed by atoms with E-state index in [0.29, 0.717) is 0 Å². The maximum Gasteiger partial charge on any atom is 0.137 e. The molecular formula is C10H10OS. The van der Waals surface area contributed by atoms with Crippen molar-refractivity contribution in [3.05, 3.63) is 30.0 Å². The zero-order valence-electron chi connectivity index (χ0n) is 7.13. The summed E-state index contributed by atoms with van der Waals surface area (Å²) in [6.45, 7) is 2.09. The maximum absolute atomic E-state index is 5.38. The van der Waals surface area contributed by atoms with Gasteiger partial charge in [0.15, 0.2) is 0 Å². The molecule has 0 fully saturated rings. The number of thioether (sulfide) groups is 1. The summed E-state index contributed by atoms with van der Waals surface area (Å²) in [5.74, 6) is 0. The highest BCUT2D eigenvalue weighted by atomic mass is 32.2. The maximum atomic E-state index is 5.38. The monoisotopic (exact) mass is 178 g/mol. The zero-order chi connectivity index (χ0) is 8.55. The van der Waals surface area contributed by atoms with Crippen LogP contribution >= 0.6 is 11.8 Å². The highest BCUT2D eigenvalue weighted by Crippen LogP contribution is 2.27. The molecule has 2 rings (SSSR count). The first-order chi connectivity index (χ1) is 5.83. The first-order valence-electron chi connectivity index (χ1n) is 3.83. The minimum Gasteiger partial charge on any atom is -0.464 e. The highest BCUT2D eigenvalue weighted by Gasteiger charge is 2.04. The van der Waals surface area contributed by atoms with Crippen LogP contribution in [0, 0.1) is 6.92 Å². The van der Waals surface area contributed by atoms with Crippen molar-refractivity contribution < 1.29 is 4.42 Å². The van der Waals surface area contributed by atoms with E-state index in [2.05, 4.69) is 25.3 Å². The van der Waals surface area contributed by atoms with E-state index in [1.54, 1.807) is 18.0 Å². The van der Waals surface area contributed by atoms with Crippen LogP contribution in [0.4, 0.5) is 0 Å². The Kier molecular flexibility index (Phi) is 1.85. The molecule has 1 heterocycles. The molecule has 0 aliphatic rings. The van der Waals surface area contributed by atoms with Crippen molar-refractivity contribution in [2.45, 2.75) is 11.8 Å². The van der Waals surface area contributed by atoms with Crippen molar-refractivity contribution in [2.75, 3.05) is 6.26 Å². The van der Waals surface area contributed by atoms with Crippen molar-refractivity contribution in [2.24, 2.45) is 0 Å². The summed E-state index contributed by atoms with van der Waals surface area (Å²) in [5, 5.41) is 1.19. The molecule has 0 aliphatic heterocycles. The lowest BCUT2D eigenvalue weighted by molar-refractivity contribution is 0.612. The van der Waals surface area contributed by atoms with Gasteiger partial charge in [-0.3, -0.25) is 0 Å². The van der Waals surface area contributed by atoms with Crippen LogP contribution in [0.3, 0.4) is 0 Å². The molecule has 0 atom stereocenters. The Morgan fingerprint density at radius 1 is 1.25 bits per heavy atom. The quantitative estimate of drug-likeness (QED) is 0.620.